The number of carbonyl (C=O) groups is 1. The lowest BCUT2D eigenvalue weighted by molar-refractivity contribution is -0.142. The van der Waals surface area contributed by atoms with Gasteiger partial charge in [-0.25, -0.2) is 0 Å². The molecular formula is C18H28N2O3. The molecule has 128 valence electrons. The first-order valence-electron chi connectivity index (χ1n) is 8.35. The average Bonchev–Trinajstić information content (AvgIpc) is 2.83. The van der Waals surface area contributed by atoms with E-state index in [1.54, 1.807) is 7.11 Å². The second kappa shape index (κ2) is 8.89. The summed E-state index contributed by atoms with van der Waals surface area (Å²) in [5.41, 5.74) is 8.06. The van der Waals surface area contributed by atoms with Crippen molar-refractivity contribution in [1.82, 2.24) is 4.90 Å². The van der Waals surface area contributed by atoms with Crippen molar-refractivity contribution in [2.75, 3.05) is 27.3 Å². The molecule has 5 nitrogen and oxygen atoms in total. The first kappa shape index (κ1) is 17.8. The molecule has 1 aliphatic rings. The smallest absolute Gasteiger partial charge is 0.322 e. The maximum atomic E-state index is 11.5. The highest BCUT2D eigenvalue weighted by atomic mass is 16.5. The Morgan fingerprint density at radius 2 is 1.91 bits per heavy atom. The molecule has 1 aliphatic heterocycles. The second-order valence-electron chi connectivity index (χ2n) is 6.17. The van der Waals surface area contributed by atoms with E-state index < -0.39 is 6.04 Å². The number of rotatable bonds is 6. The van der Waals surface area contributed by atoms with E-state index in [1.807, 2.05) is 12.1 Å². The minimum absolute atomic E-state index is 0.380. The highest BCUT2D eigenvalue weighted by Gasteiger charge is 2.17. The van der Waals surface area contributed by atoms with Crippen LogP contribution in [0.1, 0.15) is 36.8 Å². The van der Waals surface area contributed by atoms with Gasteiger partial charge in [0.15, 0.2) is 0 Å². The molecule has 5 heteroatoms. The van der Waals surface area contributed by atoms with Crippen molar-refractivity contribution in [3.8, 4) is 5.75 Å². The van der Waals surface area contributed by atoms with Gasteiger partial charge in [0, 0.05) is 12.1 Å². The number of nitrogens with two attached hydrogens (primary N) is 1. The quantitative estimate of drug-likeness (QED) is 0.813. The number of methoxy groups -OCH3 is 2. The minimum atomic E-state index is -0.626. The highest BCUT2D eigenvalue weighted by molar-refractivity contribution is 5.75. The molecule has 2 N–H and O–H groups in total. The number of likely N-dealkylation sites (tertiary alicyclic amines) is 1. The van der Waals surface area contributed by atoms with E-state index >= 15 is 0 Å². The molecule has 1 fully saturated rings. The van der Waals surface area contributed by atoms with Crippen molar-refractivity contribution in [2.24, 2.45) is 5.73 Å². The minimum Gasteiger partial charge on any atom is -0.496 e. The molecule has 0 spiro atoms. The molecule has 0 aliphatic carbocycles. The Morgan fingerprint density at radius 3 is 2.52 bits per heavy atom. The summed E-state index contributed by atoms with van der Waals surface area (Å²) in [5.74, 6) is 0.513. The van der Waals surface area contributed by atoms with Crippen LogP contribution in [0, 0.1) is 0 Å². The number of hydrogen-bond donors (Lipinski definition) is 1. The fourth-order valence-electron chi connectivity index (χ4n) is 3.11. The van der Waals surface area contributed by atoms with Crippen molar-refractivity contribution in [1.29, 1.82) is 0 Å². The maximum Gasteiger partial charge on any atom is 0.322 e. The van der Waals surface area contributed by atoms with Gasteiger partial charge in [-0.1, -0.05) is 25.0 Å². The third kappa shape index (κ3) is 5.22. The lowest BCUT2D eigenvalue weighted by Crippen LogP contribution is -2.33. The Labute approximate surface area is 138 Å². The Bertz CT molecular complexity index is 511. The lowest BCUT2D eigenvalue weighted by atomic mass is 10.0. The average molecular weight is 320 g/mol. The van der Waals surface area contributed by atoms with Crippen molar-refractivity contribution in [3.63, 3.8) is 0 Å². The van der Waals surface area contributed by atoms with Crippen LogP contribution < -0.4 is 10.5 Å². The van der Waals surface area contributed by atoms with Gasteiger partial charge in [0.2, 0.25) is 0 Å². The number of benzene rings is 1. The molecule has 1 unspecified atom stereocenters. The van der Waals surface area contributed by atoms with Crippen LogP contribution in [0.2, 0.25) is 0 Å². The van der Waals surface area contributed by atoms with Crippen LogP contribution in [-0.2, 0) is 22.5 Å². The van der Waals surface area contributed by atoms with Crippen molar-refractivity contribution in [2.45, 2.75) is 44.7 Å². The van der Waals surface area contributed by atoms with Gasteiger partial charge in [0.1, 0.15) is 11.8 Å². The SMILES string of the molecule is COC(=O)C(N)Cc1ccc(OC)c(CN2CCCCCC2)c1. The van der Waals surface area contributed by atoms with E-state index in [0.717, 1.165) is 36.5 Å². The summed E-state index contributed by atoms with van der Waals surface area (Å²) in [4.78, 5) is 14.0. The molecule has 2 rings (SSSR count). The van der Waals surface area contributed by atoms with Crippen molar-refractivity contribution >= 4 is 5.97 Å². The lowest BCUT2D eigenvalue weighted by Gasteiger charge is -2.22. The molecular weight excluding hydrogens is 292 g/mol. The Morgan fingerprint density at radius 1 is 1.22 bits per heavy atom. The fraction of sp³-hybridized carbons (Fsp3) is 0.611. The summed E-state index contributed by atoms with van der Waals surface area (Å²) < 4.78 is 10.2. The number of hydrogen-bond acceptors (Lipinski definition) is 5. The standard InChI is InChI=1S/C18H28N2O3/c1-22-17-8-7-14(12-16(19)18(21)23-2)11-15(17)13-20-9-5-3-4-6-10-20/h7-8,11,16H,3-6,9-10,12-13,19H2,1-2H3. The molecule has 1 atom stereocenters. The summed E-state index contributed by atoms with van der Waals surface area (Å²) in [6.45, 7) is 3.15. The van der Waals surface area contributed by atoms with Crippen molar-refractivity contribution < 1.29 is 14.3 Å². The van der Waals surface area contributed by atoms with Crippen LogP contribution in [-0.4, -0.2) is 44.2 Å². The molecule has 0 radical (unpaired) electrons. The van der Waals surface area contributed by atoms with Gasteiger partial charge < -0.3 is 15.2 Å². The largest absolute Gasteiger partial charge is 0.496 e. The molecule has 1 aromatic carbocycles. The molecule has 0 saturated carbocycles. The van der Waals surface area contributed by atoms with Crippen LogP contribution in [0.5, 0.6) is 5.75 Å². The summed E-state index contributed by atoms with van der Waals surface area (Å²) in [6, 6.07) is 5.41. The first-order valence-corrected chi connectivity index (χ1v) is 8.35. The Kier molecular flexibility index (Phi) is 6.86. The predicted molar refractivity (Wildman–Crippen MR) is 90.4 cm³/mol. The second-order valence-corrected chi connectivity index (χ2v) is 6.17. The van der Waals surface area contributed by atoms with Crippen LogP contribution in [0.3, 0.4) is 0 Å². The topological polar surface area (TPSA) is 64.8 Å². The van der Waals surface area contributed by atoms with Gasteiger partial charge in [-0.2, -0.15) is 0 Å². The molecule has 0 bridgehead atoms. The van der Waals surface area contributed by atoms with Crippen LogP contribution >= 0.6 is 0 Å². The summed E-state index contributed by atoms with van der Waals surface area (Å²) >= 11 is 0. The number of esters is 1. The molecule has 1 saturated heterocycles. The van der Waals surface area contributed by atoms with E-state index in [4.69, 9.17) is 15.2 Å². The molecule has 1 aromatic rings. The molecule has 0 aromatic heterocycles. The summed E-state index contributed by atoms with van der Waals surface area (Å²) in [5, 5.41) is 0. The number of nitrogens with zero attached hydrogens (tertiary/aromatic N) is 1. The third-order valence-corrected chi connectivity index (χ3v) is 4.40. The Balaban J connectivity index is 2.09. The van der Waals surface area contributed by atoms with E-state index in [-0.39, 0.29) is 5.97 Å². The first-order chi connectivity index (χ1) is 11.1. The van der Waals surface area contributed by atoms with Crippen LogP contribution in [0.15, 0.2) is 18.2 Å². The zero-order valence-electron chi connectivity index (χ0n) is 14.2. The van der Waals surface area contributed by atoms with Gasteiger partial charge >= 0.3 is 5.97 Å². The highest BCUT2D eigenvalue weighted by Crippen LogP contribution is 2.23. The summed E-state index contributed by atoms with van der Waals surface area (Å²) in [7, 11) is 3.06. The normalized spacial score (nSPS) is 17.3. The van der Waals surface area contributed by atoms with E-state index in [0.29, 0.717) is 6.42 Å². The van der Waals surface area contributed by atoms with E-state index in [2.05, 4.69) is 11.0 Å². The van der Waals surface area contributed by atoms with Crippen LogP contribution in [0.4, 0.5) is 0 Å². The molecule has 1 heterocycles. The van der Waals surface area contributed by atoms with E-state index in [9.17, 15) is 4.79 Å². The van der Waals surface area contributed by atoms with Crippen LogP contribution in [0.25, 0.3) is 0 Å². The predicted octanol–water partition coefficient (Wildman–Crippen LogP) is 2.11. The zero-order chi connectivity index (χ0) is 16.7. The van der Waals surface area contributed by atoms with Gasteiger partial charge in [-0.15, -0.1) is 0 Å². The molecule has 23 heavy (non-hydrogen) atoms. The maximum absolute atomic E-state index is 11.5. The van der Waals surface area contributed by atoms with Crippen molar-refractivity contribution in [3.05, 3.63) is 29.3 Å². The third-order valence-electron chi connectivity index (χ3n) is 4.40. The van der Waals surface area contributed by atoms with Gasteiger partial charge in [0.05, 0.1) is 14.2 Å². The summed E-state index contributed by atoms with van der Waals surface area (Å²) in [6.07, 6.45) is 5.64. The monoisotopic (exact) mass is 320 g/mol. The van der Waals surface area contributed by atoms with Gasteiger partial charge in [-0.3, -0.25) is 9.69 Å². The molecule has 0 amide bonds. The van der Waals surface area contributed by atoms with E-state index in [1.165, 1.54) is 32.8 Å². The van der Waals surface area contributed by atoms with Gasteiger partial charge in [0.25, 0.3) is 0 Å². The number of ether oxygens (including phenoxy) is 2. The fourth-order valence-corrected chi connectivity index (χ4v) is 3.11. The zero-order valence-corrected chi connectivity index (χ0v) is 14.2. The number of carbonyl (C=O) groups excluding carboxylic acids is 1. The van der Waals surface area contributed by atoms with Gasteiger partial charge in [-0.05, 0) is 44.0 Å². The Hall–Kier alpha value is -1.59.